The summed E-state index contributed by atoms with van der Waals surface area (Å²) in [4.78, 5) is 12.2. The van der Waals surface area contributed by atoms with Crippen LogP contribution >= 0.6 is 0 Å². The number of benzene rings is 1. The quantitative estimate of drug-likeness (QED) is 0.411. The molecule has 0 radical (unpaired) electrons. The number of allylic oxidation sites excluding steroid dienone is 4. The van der Waals surface area contributed by atoms with Gasteiger partial charge in [0.15, 0.2) is 5.78 Å². The van der Waals surface area contributed by atoms with Crippen molar-refractivity contribution >= 4 is 5.78 Å². The van der Waals surface area contributed by atoms with Crippen LogP contribution in [0.3, 0.4) is 0 Å². The molecule has 2 fully saturated rings. The van der Waals surface area contributed by atoms with Crippen LogP contribution in [0.2, 0.25) is 0 Å². The number of terminal acetylenes is 1. The van der Waals surface area contributed by atoms with Gasteiger partial charge in [-0.15, -0.1) is 6.42 Å². The molecule has 2 saturated carbocycles. The first-order chi connectivity index (χ1) is 17.1. The van der Waals surface area contributed by atoms with Gasteiger partial charge in [-0.2, -0.15) is 8.78 Å². The summed E-state index contributed by atoms with van der Waals surface area (Å²) in [7, 11) is 1.62. The van der Waals surface area contributed by atoms with Crippen molar-refractivity contribution in [3.05, 3.63) is 52.6 Å². The van der Waals surface area contributed by atoms with Gasteiger partial charge in [-0.05, 0) is 91.2 Å². The second-order valence-corrected chi connectivity index (χ2v) is 11.0. The number of aliphatic hydroxyl groups is 1. The molecule has 4 nitrogen and oxygen atoms in total. The molecule has 0 saturated heterocycles. The van der Waals surface area contributed by atoms with Crippen LogP contribution in [0, 0.1) is 29.6 Å². The third-order valence-electron chi connectivity index (χ3n) is 9.40. The number of fused-ring (bicyclic) bond motifs is 4. The molecule has 4 aliphatic rings. The summed E-state index contributed by atoms with van der Waals surface area (Å²) in [5.74, 6) is -1.35. The van der Waals surface area contributed by atoms with E-state index in [2.05, 4.69) is 0 Å². The summed E-state index contributed by atoms with van der Waals surface area (Å²) in [5.41, 5.74) is 1.25. The Kier molecular flexibility index (Phi) is 6.37. The van der Waals surface area contributed by atoms with Crippen molar-refractivity contribution in [1.29, 1.82) is 0 Å². The van der Waals surface area contributed by atoms with Crippen molar-refractivity contribution in [3.8, 4) is 18.1 Å². The second-order valence-electron chi connectivity index (χ2n) is 11.0. The molecule has 5 rings (SSSR count). The number of carbonyl (C=O) groups excluding carboxylic acids is 1. The van der Waals surface area contributed by atoms with E-state index in [9.17, 15) is 9.90 Å². The average Bonchev–Trinajstić information content (AvgIpc) is 3.15. The predicted molar refractivity (Wildman–Crippen MR) is 133 cm³/mol. The Labute approximate surface area is 211 Å². The van der Waals surface area contributed by atoms with E-state index >= 15 is 8.78 Å². The van der Waals surface area contributed by atoms with Gasteiger partial charge in [-0.25, -0.2) is 0 Å². The van der Waals surface area contributed by atoms with Gasteiger partial charge >= 0.3 is 5.92 Å². The minimum atomic E-state index is -3.62. The predicted octanol–water partition coefficient (Wildman–Crippen LogP) is 5.61. The van der Waals surface area contributed by atoms with Crippen molar-refractivity contribution in [3.63, 3.8) is 0 Å². The highest BCUT2D eigenvalue weighted by atomic mass is 19.3. The summed E-state index contributed by atoms with van der Waals surface area (Å²) < 4.78 is 41.3. The number of rotatable bonds is 6. The molecule has 1 aromatic carbocycles. The number of ketones is 1. The molecule has 0 amide bonds. The lowest BCUT2D eigenvalue weighted by molar-refractivity contribution is -0.209. The van der Waals surface area contributed by atoms with Crippen molar-refractivity contribution in [2.45, 2.75) is 69.3 Å². The molecule has 0 heterocycles. The first-order valence-electron chi connectivity index (χ1n) is 12.9. The van der Waals surface area contributed by atoms with Gasteiger partial charge in [-0.1, -0.05) is 24.6 Å². The van der Waals surface area contributed by atoms with Crippen molar-refractivity contribution < 1.29 is 28.2 Å². The number of methoxy groups -OCH3 is 1. The topological polar surface area (TPSA) is 55.8 Å². The molecule has 0 spiro atoms. The van der Waals surface area contributed by atoms with Crippen LogP contribution in [0.15, 0.2) is 47.1 Å². The van der Waals surface area contributed by atoms with Crippen LogP contribution in [0.25, 0.3) is 0 Å². The molecule has 5 atom stereocenters. The molecule has 6 heteroatoms. The summed E-state index contributed by atoms with van der Waals surface area (Å²) in [5, 5.41) is 11.6. The Morgan fingerprint density at radius 3 is 2.78 bits per heavy atom. The fraction of sp³-hybridized carbons (Fsp3) is 0.567. The molecule has 0 aromatic heterocycles. The maximum atomic E-state index is 15.2. The maximum Gasteiger partial charge on any atom is 0.336 e. The second kappa shape index (κ2) is 9.11. The summed E-state index contributed by atoms with van der Waals surface area (Å²) in [6, 6.07) is 7.80. The highest BCUT2D eigenvalue weighted by Gasteiger charge is 2.71. The van der Waals surface area contributed by atoms with E-state index in [1.54, 1.807) is 19.1 Å². The average molecular weight is 497 g/mol. The van der Waals surface area contributed by atoms with Crippen LogP contribution in [-0.2, 0) is 9.53 Å². The van der Waals surface area contributed by atoms with E-state index in [1.165, 1.54) is 11.1 Å². The largest absolute Gasteiger partial charge is 0.491 e. The Balaban J connectivity index is 1.64. The first kappa shape index (κ1) is 25.2. The van der Waals surface area contributed by atoms with E-state index in [0.29, 0.717) is 44.6 Å². The smallest absolute Gasteiger partial charge is 0.336 e. The van der Waals surface area contributed by atoms with E-state index in [-0.39, 0.29) is 30.0 Å². The minimum absolute atomic E-state index is 0.0153. The van der Waals surface area contributed by atoms with Crippen LogP contribution in [0.1, 0.15) is 63.4 Å². The molecular formula is C30H34F2O4. The van der Waals surface area contributed by atoms with Crippen LogP contribution in [0.5, 0.6) is 5.75 Å². The summed E-state index contributed by atoms with van der Waals surface area (Å²) >= 11 is 0. The van der Waals surface area contributed by atoms with Gasteiger partial charge < -0.3 is 14.6 Å². The zero-order valence-electron chi connectivity index (χ0n) is 21.0. The van der Waals surface area contributed by atoms with E-state index in [0.717, 1.165) is 24.0 Å². The number of carbonyl (C=O) groups is 1. The SMILES string of the molecule is C#CC(F)(F)[C@]1(O)CCC2C3CCC4=CC(=O)CCC4=C3[C@@H](c3cccc(OCCOC)c3)C[C@@]21C. The van der Waals surface area contributed by atoms with E-state index in [1.807, 2.05) is 31.2 Å². The lowest BCUT2D eigenvalue weighted by atomic mass is 9.50. The zero-order valence-corrected chi connectivity index (χ0v) is 21.0. The van der Waals surface area contributed by atoms with Gasteiger partial charge in [-0.3, -0.25) is 4.79 Å². The normalized spacial score (nSPS) is 33.8. The number of alkyl halides is 2. The molecule has 0 aliphatic heterocycles. The molecule has 4 aliphatic carbocycles. The molecule has 1 N–H and O–H groups in total. The molecular weight excluding hydrogens is 462 g/mol. The number of hydrogen-bond acceptors (Lipinski definition) is 4. The van der Waals surface area contributed by atoms with Gasteiger partial charge in [0.25, 0.3) is 0 Å². The van der Waals surface area contributed by atoms with Crippen LogP contribution in [-0.4, -0.2) is 42.7 Å². The molecule has 0 bridgehead atoms. The third-order valence-corrected chi connectivity index (χ3v) is 9.40. The standard InChI is InChI=1S/C30H34F2O4/c1-4-30(31,32)29(34)13-12-26-24-10-8-20-16-21(33)9-11-23(20)27(24)25(18-28(26,29)2)19-6-5-7-22(17-19)36-15-14-35-3/h1,5-7,16-17,24-26,34H,8-15,18H2,2-3H3/t24?,25-,26?,28+,29+/m1/s1. The van der Waals surface area contributed by atoms with Crippen molar-refractivity contribution in [1.82, 2.24) is 0 Å². The molecule has 2 unspecified atom stereocenters. The van der Waals surface area contributed by atoms with Crippen LogP contribution in [0.4, 0.5) is 8.78 Å². The van der Waals surface area contributed by atoms with Crippen molar-refractivity contribution in [2.75, 3.05) is 20.3 Å². The molecule has 192 valence electrons. The Hall–Kier alpha value is -2.49. The van der Waals surface area contributed by atoms with Gasteiger partial charge in [0, 0.05) is 24.9 Å². The monoisotopic (exact) mass is 496 g/mol. The van der Waals surface area contributed by atoms with E-state index < -0.39 is 16.9 Å². The lowest BCUT2D eigenvalue weighted by Gasteiger charge is -2.55. The van der Waals surface area contributed by atoms with E-state index in [4.69, 9.17) is 15.9 Å². The van der Waals surface area contributed by atoms with Gasteiger partial charge in [0.2, 0.25) is 0 Å². The fourth-order valence-electron chi connectivity index (χ4n) is 7.66. The third kappa shape index (κ3) is 3.74. The van der Waals surface area contributed by atoms with Crippen LogP contribution < -0.4 is 4.74 Å². The van der Waals surface area contributed by atoms with Crippen molar-refractivity contribution in [2.24, 2.45) is 17.3 Å². The minimum Gasteiger partial charge on any atom is -0.491 e. The first-order valence-corrected chi connectivity index (χ1v) is 12.9. The Morgan fingerprint density at radius 2 is 2.03 bits per heavy atom. The summed E-state index contributed by atoms with van der Waals surface area (Å²) in [6.45, 7) is 2.68. The Morgan fingerprint density at radius 1 is 1.22 bits per heavy atom. The number of halogens is 2. The maximum absolute atomic E-state index is 15.2. The van der Waals surface area contributed by atoms with Gasteiger partial charge in [0.05, 0.1) is 6.61 Å². The highest BCUT2D eigenvalue weighted by molar-refractivity contribution is 5.93. The zero-order chi connectivity index (χ0) is 25.7. The fourth-order valence-corrected chi connectivity index (χ4v) is 7.66. The summed E-state index contributed by atoms with van der Waals surface area (Å²) in [6.07, 6.45) is 10.6. The number of ether oxygens (including phenoxy) is 2. The molecule has 1 aromatic rings. The highest BCUT2D eigenvalue weighted by Crippen LogP contribution is 2.69. The number of hydrogen-bond donors (Lipinski definition) is 1. The molecule has 36 heavy (non-hydrogen) atoms. The lowest BCUT2D eigenvalue weighted by Crippen LogP contribution is -2.60. The Bertz CT molecular complexity index is 1160. The van der Waals surface area contributed by atoms with Gasteiger partial charge in [0.1, 0.15) is 18.0 Å².